The zero-order valence-corrected chi connectivity index (χ0v) is 12.4. The molecule has 0 amide bonds. The predicted octanol–water partition coefficient (Wildman–Crippen LogP) is 4.23. The number of aromatic nitrogens is 1. The van der Waals surface area contributed by atoms with Crippen molar-refractivity contribution in [2.24, 2.45) is 12.0 Å². The van der Waals surface area contributed by atoms with Crippen molar-refractivity contribution in [1.82, 2.24) is 4.57 Å². The van der Waals surface area contributed by atoms with Crippen LogP contribution in [0, 0.1) is 0 Å². The van der Waals surface area contributed by atoms with Gasteiger partial charge in [-0.1, -0.05) is 48.5 Å². The molecule has 0 bridgehead atoms. The number of rotatable bonds is 2. The topological polar surface area (TPSA) is 17.3 Å². The second kappa shape index (κ2) is 5.15. The third kappa shape index (κ3) is 2.01. The number of para-hydroxylation sites is 1. The molecule has 0 unspecified atom stereocenters. The predicted molar refractivity (Wildman–Crippen MR) is 94.7 cm³/mol. The molecule has 22 heavy (non-hydrogen) atoms. The lowest BCUT2D eigenvalue weighted by Crippen LogP contribution is -2.12. The lowest BCUT2D eigenvalue weighted by atomic mass is 10.1. The van der Waals surface area contributed by atoms with Crippen molar-refractivity contribution >= 4 is 39.7 Å². The Kier molecular flexibility index (Phi) is 3.01. The van der Waals surface area contributed by atoms with E-state index in [1.54, 1.807) is 0 Å². The van der Waals surface area contributed by atoms with Gasteiger partial charge in [0.15, 0.2) is 0 Å². The SMILES string of the molecule is Cn1/c(=C\C=Nc2ccccc2)c2cccc3cccc1c32. The van der Waals surface area contributed by atoms with Gasteiger partial charge in [0.2, 0.25) is 0 Å². The number of aliphatic imine (C=N–C) groups is 1. The molecule has 2 heteroatoms. The van der Waals surface area contributed by atoms with Crippen molar-refractivity contribution in [3.05, 3.63) is 72.1 Å². The second-order valence-electron chi connectivity index (χ2n) is 5.41. The van der Waals surface area contributed by atoms with Crippen molar-refractivity contribution in [2.75, 3.05) is 0 Å². The highest BCUT2D eigenvalue weighted by Crippen LogP contribution is 2.24. The van der Waals surface area contributed by atoms with E-state index >= 15 is 0 Å². The molecule has 0 aliphatic rings. The van der Waals surface area contributed by atoms with Crippen LogP contribution in [-0.4, -0.2) is 10.8 Å². The summed E-state index contributed by atoms with van der Waals surface area (Å²) in [6.07, 6.45) is 3.97. The zero-order chi connectivity index (χ0) is 14.9. The summed E-state index contributed by atoms with van der Waals surface area (Å²) in [5.74, 6) is 0. The highest BCUT2D eigenvalue weighted by molar-refractivity contribution is 6.11. The maximum atomic E-state index is 4.50. The van der Waals surface area contributed by atoms with E-state index in [0.717, 1.165) is 5.69 Å². The van der Waals surface area contributed by atoms with Crippen molar-refractivity contribution in [3.8, 4) is 0 Å². The maximum absolute atomic E-state index is 4.50. The molecule has 106 valence electrons. The largest absolute Gasteiger partial charge is 0.344 e. The normalized spacial score (nSPS) is 12.9. The van der Waals surface area contributed by atoms with Gasteiger partial charge in [0.05, 0.1) is 11.0 Å². The smallest absolute Gasteiger partial charge is 0.0629 e. The molecule has 0 fully saturated rings. The van der Waals surface area contributed by atoms with Crippen LogP contribution in [-0.2, 0) is 7.05 Å². The molecule has 0 saturated heterocycles. The number of hydrogen-bond donors (Lipinski definition) is 0. The van der Waals surface area contributed by atoms with Crippen LogP contribution in [0.2, 0.25) is 0 Å². The first-order valence-electron chi connectivity index (χ1n) is 7.40. The molecule has 0 aliphatic carbocycles. The van der Waals surface area contributed by atoms with Crippen molar-refractivity contribution in [2.45, 2.75) is 0 Å². The van der Waals surface area contributed by atoms with E-state index in [1.807, 2.05) is 36.5 Å². The number of benzene rings is 3. The van der Waals surface area contributed by atoms with Gasteiger partial charge in [-0.15, -0.1) is 0 Å². The molecule has 4 rings (SSSR count). The van der Waals surface area contributed by atoms with Crippen molar-refractivity contribution in [1.29, 1.82) is 0 Å². The number of hydrogen-bond acceptors (Lipinski definition) is 1. The Morgan fingerprint density at radius 3 is 2.45 bits per heavy atom. The molecular weight excluding hydrogens is 268 g/mol. The number of nitrogens with zero attached hydrogens (tertiary/aromatic N) is 2. The van der Waals surface area contributed by atoms with E-state index in [-0.39, 0.29) is 0 Å². The molecule has 3 aromatic carbocycles. The Bertz CT molecular complexity index is 1020. The molecule has 4 aromatic rings. The average Bonchev–Trinajstić information content (AvgIpc) is 2.84. The third-order valence-corrected chi connectivity index (χ3v) is 4.09. The van der Waals surface area contributed by atoms with E-state index in [4.69, 9.17) is 0 Å². The van der Waals surface area contributed by atoms with Crippen LogP contribution in [0.4, 0.5) is 5.69 Å². The fourth-order valence-electron chi connectivity index (χ4n) is 3.03. The number of aryl methyl sites for hydroxylation is 1. The summed E-state index contributed by atoms with van der Waals surface area (Å²) < 4.78 is 2.23. The third-order valence-electron chi connectivity index (χ3n) is 4.09. The molecule has 0 radical (unpaired) electrons. The first-order chi connectivity index (χ1) is 10.8. The summed E-state index contributed by atoms with van der Waals surface area (Å²) in [6, 6.07) is 22.9. The molecule has 0 spiro atoms. The minimum absolute atomic E-state index is 0.968. The Hall–Kier alpha value is -2.87. The van der Waals surface area contributed by atoms with Gasteiger partial charge in [-0.05, 0) is 29.7 Å². The van der Waals surface area contributed by atoms with E-state index in [9.17, 15) is 0 Å². The Morgan fingerprint density at radius 1 is 0.864 bits per heavy atom. The van der Waals surface area contributed by atoms with Crippen LogP contribution < -0.4 is 5.35 Å². The Morgan fingerprint density at radius 2 is 1.64 bits per heavy atom. The molecule has 0 N–H and O–H groups in total. The first kappa shape index (κ1) is 12.8. The Labute approximate surface area is 129 Å². The van der Waals surface area contributed by atoms with Gasteiger partial charge in [-0.3, -0.25) is 4.99 Å². The minimum atomic E-state index is 0.968. The maximum Gasteiger partial charge on any atom is 0.0629 e. The van der Waals surface area contributed by atoms with Gasteiger partial charge in [0, 0.05) is 29.6 Å². The van der Waals surface area contributed by atoms with Crippen molar-refractivity contribution in [3.63, 3.8) is 0 Å². The van der Waals surface area contributed by atoms with Gasteiger partial charge in [-0.2, -0.15) is 0 Å². The van der Waals surface area contributed by atoms with Gasteiger partial charge < -0.3 is 4.57 Å². The molecule has 0 saturated carbocycles. The Balaban J connectivity index is 1.92. The summed E-state index contributed by atoms with van der Waals surface area (Å²) in [7, 11) is 2.11. The standard InChI is InChI=1S/C20H16N2/c1-22-18(13-14-21-16-9-3-2-4-10-16)17-11-5-7-15-8-6-12-19(22)20(15)17/h2-14H,1H3/b18-13-,21-14?. The second-order valence-corrected chi connectivity index (χ2v) is 5.41. The van der Waals surface area contributed by atoms with Gasteiger partial charge in [-0.25, -0.2) is 0 Å². The summed E-state index contributed by atoms with van der Waals surface area (Å²) >= 11 is 0. The summed E-state index contributed by atoms with van der Waals surface area (Å²) in [6.45, 7) is 0. The van der Waals surface area contributed by atoms with E-state index in [0.29, 0.717) is 0 Å². The zero-order valence-electron chi connectivity index (χ0n) is 12.4. The lowest BCUT2D eigenvalue weighted by molar-refractivity contribution is 0.938. The van der Waals surface area contributed by atoms with Crippen LogP contribution in [0.5, 0.6) is 0 Å². The fourth-order valence-corrected chi connectivity index (χ4v) is 3.03. The van der Waals surface area contributed by atoms with E-state index in [1.165, 1.54) is 27.0 Å². The lowest BCUT2D eigenvalue weighted by Gasteiger charge is -1.97. The molecule has 1 heterocycles. The molecule has 0 aliphatic heterocycles. The molecule has 1 aromatic heterocycles. The summed E-state index contributed by atoms with van der Waals surface area (Å²) in [5.41, 5.74) is 2.23. The van der Waals surface area contributed by atoms with Crippen LogP contribution in [0.25, 0.3) is 27.8 Å². The molecule has 2 nitrogen and oxygen atoms in total. The average molecular weight is 284 g/mol. The monoisotopic (exact) mass is 284 g/mol. The van der Waals surface area contributed by atoms with E-state index < -0.39 is 0 Å². The van der Waals surface area contributed by atoms with Gasteiger partial charge in [0.25, 0.3) is 0 Å². The quantitative estimate of drug-likeness (QED) is 0.490. The van der Waals surface area contributed by atoms with Crippen LogP contribution in [0.1, 0.15) is 0 Å². The minimum Gasteiger partial charge on any atom is -0.344 e. The van der Waals surface area contributed by atoms with Gasteiger partial charge in [0.1, 0.15) is 0 Å². The van der Waals surface area contributed by atoms with Crippen LogP contribution >= 0.6 is 0 Å². The molecular formula is C20H16N2. The first-order valence-corrected chi connectivity index (χ1v) is 7.40. The highest BCUT2D eigenvalue weighted by Gasteiger charge is 2.07. The fraction of sp³-hybridized carbons (Fsp3) is 0.0500. The van der Waals surface area contributed by atoms with E-state index in [2.05, 4.69) is 59.1 Å². The summed E-state index contributed by atoms with van der Waals surface area (Å²) in [4.78, 5) is 4.50. The highest BCUT2D eigenvalue weighted by atomic mass is 14.9. The molecule has 0 atom stereocenters. The van der Waals surface area contributed by atoms with Crippen LogP contribution in [0.15, 0.2) is 71.7 Å². The van der Waals surface area contributed by atoms with Crippen molar-refractivity contribution < 1.29 is 0 Å². The van der Waals surface area contributed by atoms with Crippen LogP contribution in [0.3, 0.4) is 0 Å². The summed E-state index contributed by atoms with van der Waals surface area (Å²) in [5, 5.41) is 5.07. The van der Waals surface area contributed by atoms with Gasteiger partial charge >= 0.3 is 0 Å².